The zero-order chi connectivity index (χ0) is 15.7. The van der Waals surface area contributed by atoms with Gasteiger partial charge in [0.1, 0.15) is 11.6 Å². The van der Waals surface area contributed by atoms with Gasteiger partial charge in [-0.1, -0.05) is 47.6 Å². The van der Waals surface area contributed by atoms with Crippen molar-refractivity contribution in [3.8, 4) is 5.75 Å². The molecule has 0 bridgehead atoms. The van der Waals surface area contributed by atoms with E-state index in [0.29, 0.717) is 6.42 Å². The Bertz CT molecular complexity index is 532. The first-order valence-corrected chi connectivity index (χ1v) is 7.60. The number of phenolic OH excluding ortho intramolecular Hbond substituents is 1. The van der Waals surface area contributed by atoms with E-state index in [1.54, 1.807) is 18.2 Å². The summed E-state index contributed by atoms with van der Waals surface area (Å²) >= 11 is 0. The van der Waals surface area contributed by atoms with E-state index < -0.39 is 0 Å². The van der Waals surface area contributed by atoms with E-state index in [9.17, 15) is 9.50 Å². The Morgan fingerprint density at radius 1 is 0.950 bits per heavy atom. The maximum atomic E-state index is 13.7. The average Bonchev–Trinajstić information content (AvgIpc) is 2.50. The fourth-order valence-corrected chi connectivity index (χ4v) is 2.22. The van der Waals surface area contributed by atoms with Crippen LogP contribution in [0.1, 0.15) is 52.7 Å². The summed E-state index contributed by atoms with van der Waals surface area (Å²) < 4.78 is 13.7. The van der Waals surface area contributed by atoms with Crippen LogP contribution in [0.15, 0.2) is 24.3 Å². The molecule has 2 aromatic rings. The molecule has 0 saturated carbocycles. The van der Waals surface area contributed by atoms with Crippen molar-refractivity contribution < 1.29 is 9.50 Å². The van der Waals surface area contributed by atoms with E-state index in [4.69, 9.17) is 0 Å². The molecule has 0 saturated heterocycles. The summed E-state index contributed by atoms with van der Waals surface area (Å²) in [6.07, 6.45) is 1.46. The van der Waals surface area contributed by atoms with Crippen LogP contribution < -0.4 is 0 Å². The Balaban J connectivity index is 0.000000829. The minimum atomic E-state index is -0.157. The van der Waals surface area contributed by atoms with Crippen LogP contribution in [-0.2, 0) is 12.8 Å². The first kappa shape index (κ1) is 18.4. The molecular formula is C18H27FO. The average molecular weight is 278 g/mol. The Kier molecular flexibility index (Phi) is 8.62. The number of benzene rings is 2. The molecule has 0 heterocycles. The highest BCUT2D eigenvalue weighted by Gasteiger charge is 2.10. The summed E-state index contributed by atoms with van der Waals surface area (Å²) in [7, 11) is 0. The van der Waals surface area contributed by atoms with Gasteiger partial charge in [0.15, 0.2) is 0 Å². The second kappa shape index (κ2) is 9.35. The second-order valence-electron chi connectivity index (χ2n) is 3.94. The summed E-state index contributed by atoms with van der Waals surface area (Å²) in [6, 6.07) is 6.61. The topological polar surface area (TPSA) is 20.2 Å². The van der Waals surface area contributed by atoms with Crippen molar-refractivity contribution in [1.29, 1.82) is 0 Å². The summed E-state index contributed by atoms with van der Waals surface area (Å²) in [5.74, 6) is 0.0911. The largest absolute Gasteiger partial charge is 0.508 e. The number of fused-ring (bicyclic) bond motifs is 1. The van der Waals surface area contributed by atoms with Crippen LogP contribution in [0.2, 0.25) is 0 Å². The van der Waals surface area contributed by atoms with E-state index in [1.807, 2.05) is 41.5 Å². The van der Waals surface area contributed by atoms with Crippen LogP contribution in [0, 0.1) is 5.82 Å². The quantitative estimate of drug-likeness (QED) is 0.729. The lowest BCUT2D eigenvalue weighted by atomic mass is 9.95. The van der Waals surface area contributed by atoms with Crippen molar-refractivity contribution in [2.75, 3.05) is 0 Å². The predicted octanol–water partition coefficient (Wildman–Crippen LogP) is 5.86. The highest BCUT2D eigenvalue weighted by molar-refractivity contribution is 5.90. The van der Waals surface area contributed by atoms with Crippen molar-refractivity contribution in [3.05, 3.63) is 41.2 Å². The molecule has 1 nitrogen and oxygen atoms in total. The third-order valence-electron chi connectivity index (χ3n) is 2.97. The predicted molar refractivity (Wildman–Crippen MR) is 87.0 cm³/mol. The van der Waals surface area contributed by atoms with E-state index in [2.05, 4.69) is 0 Å². The number of aryl methyl sites for hydroxylation is 2. The molecule has 2 rings (SSSR count). The monoisotopic (exact) mass is 278 g/mol. The number of hydrogen-bond donors (Lipinski definition) is 1. The smallest absolute Gasteiger partial charge is 0.127 e. The van der Waals surface area contributed by atoms with Crippen LogP contribution in [0.4, 0.5) is 4.39 Å². The molecule has 0 unspecified atom stereocenters. The molecule has 0 fully saturated rings. The first-order chi connectivity index (χ1) is 9.67. The number of halogens is 1. The van der Waals surface area contributed by atoms with Crippen LogP contribution in [-0.4, -0.2) is 5.11 Å². The molecule has 0 radical (unpaired) electrons. The Morgan fingerprint density at radius 3 is 2.05 bits per heavy atom. The zero-order valence-corrected chi connectivity index (χ0v) is 13.5. The molecule has 0 aliphatic rings. The number of phenols is 1. The lowest BCUT2D eigenvalue weighted by molar-refractivity contribution is 0.475. The van der Waals surface area contributed by atoms with Crippen LogP contribution in [0.3, 0.4) is 0 Å². The lowest BCUT2D eigenvalue weighted by Crippen LogP contribution is -1.94. The summed E-state index contributed by atoms with van der Waals surface area (Å²) in [5, 5.41) is 11.5. The van der Waals surface area contributed by atoms with E-state index in [1.165, 1.54) is 6.07 Å². The van der Waals surface area contributed by atoms with E-state index in [0.717, 1.165) is 28.3 Å². The molecule has 0 amide bonds. The lowest BCUT2D eigenvalue weighted by Gasteiger charge is -2.11. The molecule has 0 atom stereocenters. The first-order valence-electron chi connectivity index (χ1n) is 7.60. The van der Waals surface area contributed by atoms with Gasteiger partial charge < -0.3 is 5.11 Å². The normalized spacial score (nSPS) is 9.35. The number of aromatic hydroxyl groups is 1. The Hall–Kier alpha value is -1.57. The van der Waals surface area contributed by atoms with Gasteiger partial charge in [0.05, 0.1) is 0 Å². The molecule has 0 aliphatic heterocycles. The van der Waals surface area contributed by atoms with Gasteiger partial charge in [-0.05, 0) is 52.9 Å². The Morgan fingerprint density at radius 2 is 1.55 bits per heavy atom. The van der Waals surface area contributed by atoms with Gasteiger partial charge in [0, 0.05) is 0 Å². The van der Waals surface area contributed by atoms with Gasteiger partial charge in [-0.25, -0.2) is 4.39 Å². The van der Waals surface area contributed by atoms with Crippen LogP contribution >= 0.6 is 0 Å². The maximum absolute atomic E-state index is 13.7. The number of hydrogen-bond acceptors (Lipinski definition) is 1. The van der Waals surface area contributed by atoms with Gasteiger partial charge >= 0.3 is 0 Å². The molecule has 0 aromatic heterocycles. The SMILES string of the molecule is CC.CC.CCc1cc(O)cc2ccc(F)c(CC)c12. The summed E-state index contributed by atoms with van der Waals surface area (Å²) in [6.45, 7) is 12.0. The van der Waals surface area contributed by atoms with Gasteiger partial charge in [-0.2, -0.15) is 0 Å². The van der Waals surface area contributed by atoms with Gasteiger partial charge in [-0.15, -0.1) is 0 Å². The van der Waals surface area contributed by atoms with Crippen LogP contribution in [0.5, 0.6) is 5.75 Å². The van der Waals surface area contributed by atoms with Crippen molar-refractivity contribution >= 4 is 10.8 Å². The summed E-state index contributed by atoms with van der Waals surface area (Å²) in [5.41, 5.74) is 1.75. The number of rotatable bonds is 2. The van der Waals surface area contributed by atoms with Crippen molar-refractivity contribution in [2.45, 2.75) is 54.4 Å². The third-order valence-corrected chi connectivity index (χ3v) is 2.97. The molecule has 1 N–H and O–H groups in total. The highest BCUT2D eigenvalue weighted by atomic mass is 19.1. The van der Waals surface area contributed by atoms with E-state index >= 15 is 0 Å². The fraction of sp³-hybridized carbons (Fsp3) is 0.444. The van der Waals surface area contributed by atoms with Crippen molar-refractivity contribution in [3.63, 3.8) is 0 Å². The maximum Gasteiger partial charge on any atom is 0.127 e. The minimum Gasteiger partial charge on any atom is -0.508 e. The van der Waals surface area contributed by atoms with Crippen molar-refractivity contribution in [2.24, 2.45) is 0 Å². The Labute approximate surface area is 122 Å². The second-order valence-corrected chi connectivity index (χ2v) is 3.94. The summed E-state index contributed by atoms with van der Waals surface area (Å²) in [4.78, 5) is 0. The molecule has 2 heteroatoms. The third kappa shape index (κ3) is 3.96. The molecule has 0 aliphatic carbocycles. The minimum absolute atomic E-state index is 0.157. The molecular weight excluding hydrogens is 251 g/mol. The van der Waals surface area contributed by atoms with E-state index in [-0.39, 0.29) is 11.6 Å². The standard InChI is InChI=1S/C14H15FO.2C2H6/c1-3-9-7-11(16)8-10-5-6-13(15)12(4-2)14(9)10;2*1-2/h5-8,16H,3-4H2,1-2H3;2*1-2H3. The van der Waals surface area contributed by atoms with Gasteiger partial charge in [0.2, 0.25) is 0 Å². The van der Waals surface area contributed by atoms with Gasteiger partial charge in [-0.3, -0.25) is 0 Å². The fourth-order valence-electron chi connectivity index (χ4n) is 2.22. The highest BCUT2D eigenvalue weighted by Crippen LogP contribution is 2.30. The zero-order valence-electron chi connectivity index (χ0n) is 13.5. The van der Waals surface area contributed by atoms with Gasteiger partial charge in [0.25, 0.3) is 0 Å². The molecule has 0 spiro atoms. The molecule has 20 heavy (non-hydrogen) atoms. The molecule has 2 aromatic carbocycles. The van der Waals surface area contributed by atoms with Crippen molar-refractivity contribution in [1.82, 2.24) is 0 Å². The van der Waals surface area contributed by atoms with Crippen LogP contribution in [0.25, 0.3) is 10.8 Å². The molecule has 112 valence electrons.